The molecule has 0 N–H and O–H groups in total. The molecule has 1 fully saturated rings. The number of aryl methyl sites for hydroxylation is 1. The third-order valence-corrected chi connectivity index (χ3v) is 3.49. The largest absolute Gasteiger partial charge is 0.469 e. The van der Waals surface area contributed by atoms with Crippen LogP contribution in [-0.4, -0.2) is 41.2 Å². The minimum Gasteiger partial charge on any atom is -0.469 e. The van der Waals surface area contributed by atoms with Crippen molar-refractivity contribution in [3.63, 3.8) is 0 Å². The summed E-state index contributed by atoms with van der Waals surface area (Å²) >= 11 is 4.97. The Bertz CT molecular complexity index is 532. The van der Waals surface area contributed by atoms with Gasteiger partial charge in [-0.05, 0) is 30.6 Å². The van der Waals surface area contributed by atoms with Gasteiger partial charge in [0.05, 0.1) is 6.54 Å². The molecule has 1 aliphatic heterocycles. The lowest BCUT2D eigenvalue weighted by Crippen LogP contribution is -2.41. The van der Waals surface area contributed by atoms with Crippen LogP contribution in [0.25, 0.3) is 0 Å². The zero-order chi connectivity index (χ0) is 15.2. The quantitative estimate of drug-likeness (QED) is 0.612. The summed E-state index contributed by atoms with van der Waals surface area (Å²) < 4.78 is 10.2. The second-order valence-electron chi connectivity index (χ2n) is 4.73. The number of carbonyl (C=O) groups excluding carboxylic acids is 2. The van der Waals surface area contributed by atoms with Crippen LogP contribution in [0.4, 0.5) is 0 Å². The number of rotatable bonds is 5. The highest BCUT2D eigenvalue weighted by Gasteiger charge is 2.32. The molecule has 1 aromatic rings. The van der Waals surface area contributed by atoms with Crippen LogP contribution in [0.15, 0.2) is 30.3 Å². The maximum absolute atomic E-state index is 12.4. The summed E-state index contributed by atoms with van der Waals surface area (Å²) in [5.74, 6) is -0.795. The molecule has 1 aliphatic rings. The molecule has 21 heavy (non-hydrogen) atoms. The Kier molecular flexibility index (Phi) is 5.27. The Morgan fingerprint density at radius 1 is 1.38 bits per heavy atom. The van der Waals surface area contributed by atoms with Crippen molar-refractivity contribution in [3.8, 4) is 0 Å². The Morgan fingerprint density at radius 2 is 2.10 bits per heavy atom. The maximum Gasteiger partial charge on any atom is 0.303 e. The second-order valence-corrected chi connectivity index (χ2v) is 5.08. The maximum atomic E-state index is 12.4. The van der Waals surface area contributed by atoms with Crippen LogP contribution in [0.5, 0.6) is 0 Å². The van der Waals surface area contributed by atoms with Crippen molar-refractivity contribution >= 4 is 29.3 Å². The molecule has 0 spiro atoms. The number of ether oxygens (including phenoxy) is 2. The fraction of sp³-hybridized carbons (Fsp3) is 0.400. The van der Waals surface area contributed by atoms with E-state index in [9.17, 15) is 9.59 Å². The van der Waals surface area contributed by atoms with Gasteiger partial charge in [-0.25, -0.2) is 0 Å². The molecule has 6 heteroatoms. The van der Waals surface area contributed by atoms with Gasteiger partial charge in [0.25, 0.3) is 11.1 Å². The van der Waals surface area contributed by atoms with Crippen molar-refractivity contribution < 1.29 is 19.1 Å². The van der Waals surface area contributed by atoms with E-state index in [2.05, 4.69) is 0 Å². The predicted molar refractivity (Wildman–Crippen MR) is 80.6 cm³/mol. The van der Waals surface area contributed by atoms with Gasteiger partial charge in [0.1, 0.15) is 6.61 Å². The van der Waals surface area contributed by atoms with E-state index in [-0.39, 0.29) is 11.1 Å². The average molecular weight is 307 g/mol. The van der Waals surface area contributed by atoms with Gasteiger partial charge in [0, 0.05) is 6.92 Å². The van der Waals surface area contributed by atoms with E-state index >= 15 is 0 Å². The van der Waals surface area contributed by atoms with Crippen molar-refractivity contribution in [2.45, 2.75) is 25.9 Å². The van der Waals surface area contributed by atoms with Gasteiger partial charge in [0.15, 0.2) is 6.10 Å². The molecule has 1 amide bonds. The number of hydrogen-bond acceptors (Lipinski definition) is 5. The van der Waals surface area contributed by atoms with E-state index in [1.165, 1.54) is 11.8 Å². The number of thiocarbonyl (C=S) groups is 1. The van der Waals surface area contributed by atoms with Crippen molar-refractivity contribution in [2.75, 3.05) is 13.2 Å². The predicted octanol–water partition coefficient (Wildman–Crippen LogP) is 1.69. The molecule has 0 aromatic heterocycles. The van der Waals surface area contributed by atoms with Crippen molar-refractivity contribution in [3.05, 3.63) is 35.9 Å². The lowest BCUT2D eigenvalue weighted by atomic mass is 10.1. The summed E-state index contributed by atoms with van der Waals surface area (Å²) in [5, 5.41) is 0.150. The molecule has 1 atom stereocenters. The fourth-order valence-electron chi connectivity index (χ4n) is 2.14. The Hall–Kier alpha value is -1.95. The highest BCUT2D eigenvalue weighted by atomic mass is 32.1. The van der Waals surface area contributed by atoms with Gasteiger partial charge in [-0.3, -0.25) is 14.5 Å². The first kappa shape index (κ1) is 15.4. The summed E-state index contributed by atoms with van der Waals surface area (Å²) in [6.07, 6.45) is 0.232. The molecule has 1 aromatic carbocycles. The lowest BCUT2D eigenvalue weighted by Gasteiger charge is -2.21. The van der Waals surface area contributed by atoms with Crippen LogP contribution in [0, 0.1) is 0 Å². The van der Waals surface area contributed by atoms with E-state index in [1.54, 1.807) is 0 Å². The van der Waals surface area contributed by atoms with Crippen LogP contribution >= 0.6 is 12.2 Å². The monoisotopic (exact) mass is 307 g/mol. The molecular formula is C15H17NO4S. The first-order chi connectivity index (χ1) is 10.1. The number of amides is 1. The Labute approximate surface area is 128 Å². The van der Waals surface area contributed by atoms with Gasteiger partial charge in [-0.2, -0.15) is 0 Å². The number of nitrogens with zero attached hydrogens (tertiary/aromatic N) is 1. The Balaban J connectivity index is 2.01. The molecule has 0 saturated carbocycles. The van der Waals surface area contributed by atoms with Crippen molar-refractivity contribution in [2.24, 2.45) is 0 Å². The number of hydrogen-bond donors (Lipinski definition) is 0. The zero-order valence-corrected chi connectivity index (χ0v) is 12.6. The fourth-order valence-corrected chi connectivity index (χ4v) is 2.41. The number of benzene rings is 1. The minimum absolute atomic E-state index is 0.150. The smallest absolute Gasteiger partial charge is 0.303 e. The molecular weight excluding hydrogens is 290 g/mol. The van der Waals surface area contributed by atoms with E-state index in [1.807, 2.05) is 30.3 Å². The van der Waals surface area contributed by atoms with E-state index in [0.29, 0.717) is 26.0 Å². The molecule has 1 saturated heterocycles. The molecule has 5 nitrogen and oxygen atoms in total. The van der Waals surface area contributed by atoms with Crippen LogP contribution in [0.1, 0.15) is 18.9 Å². The van der Waals surface area contributed by atoms with Crippen LogP contribution in [0.3, 0.4) is 0 Å². The van der Waals surface area contributed by atoms with E-state index < -0.39 is 12.1 Å². The minimum atomic E-state index is -0.831. The summed E-state index contributed by atoms with van der Waals surface area (Å²) in [6.45, 7) is 2.08. The van der Waals surface area contributed by atoms with Gasteiger partial charge in [-0.15, -0.1) is 0 Å². The number of esters is 1. The van der Waals surface area contributed by atoms with E-state index in [4.69, 9.17) is 21.7 Å². The average Bonchev–Trinajstić information content (AvgIpc) is 2.89. The standard InChI is InChI=1S/C15H17NO4S/c1-11(17)20-13(8-7-12-5-3-2-4-6-12)14(18)16-9-10-19-15(16)21/h2-6,13H,7-10H2,1H3/t13-/m1/s1. The summed E-state index contributed by atoms with van der Waals surface area (Å²) in [5.41, 5.74) is 1.09. The third-order valence-electron chi connectivity index (χ3n) is 3.15. The SMILES string of the molecule is CC(=O)O[C@H](CCc1ccccc1)C(=O)N1CCOC1=S. The lowest BCUT2D eigenvalue weighted by molar-refractivity contribution is -0.156. The molecule has 1 heterocycles. The van der Waals surface area contributed by atoms with Crippen LogP contribution in [0.2, 0.25) is 0 Å². The number of carbonyl (C=O) groups is 2. The van der Waals surface area contributed by atoms with Gasteiger partial charge < -0.3 is 9.47 Å². The van der Waals surface area contributed by atoms with E-state index in [0.717, 1.165) is 5.56 Å². The summed E-state index contributed by atoms with van der Waals surface area (Å²) in [4.78, 5) is 25.0. The first-order valence-corrected chi connectivity index (χ1v) is 7.18. The normalized spacial score (nSPS) is 15.5. The molecule has 2 rings (SSSR count). The van der Waals surface area contributed by atoms with Crippen LogP contribution < -0.4 is 0 Å². The van der Waals surface area contributed by atoms with Crippen molar-refractivity contribution in [1.29, 1.82) is 0 Å². The molecule has 0 unspecified atom stereocenters. The van der Waals surface area contributed by atoms with Crippen LogP contribution in [-0.2, 0) is 25.5 Å². The first-order valence-electron chi connectivity index (χ1n) is 6.77. The third kappa shape index (κ3) is 4.26. The Morgan fingerprint density at radius 3 is 2.67 bits per heavy atom. The molecule has 0 bridgehead atoms. The van der Waals surface area contributed by atoms with Crippen molar-refractivity contribution in [1.82, 2.24) is 4.90 Å². The highest BCUT2D eigenvalue weighted by molar-refractivity contribution is 7.80. The van der Waals surface area contributed by atoms with Gasteiger partial charge in [0.2, 0.25) is 0 Å². The highest BCUT2D eigenvalue weighted by Crippen LogP contribution is 2.14. The van der Waals surface area contributed by atoms with Gasteiger partial charge >= 0.3 is 5.97 Å². The molecule has 0 radical (unpaired) electrons. The topological polar surface area (TPSA) is 55.8 Å². The second kappa shape index (κ2) is 7.17. The summed E-state index contributed by atoms with van der Waals surface area (Å²) in [6, 6.07) is 9.73. The van der Waals surface area contributed by atoms with Gasteiger partial charge in [-0.1, -0.05) is 30.3 Å². The zero-order valence-electron chi connectivity index (χ0n) is 11.8. The molecule has 0 aliphatic carbocycles. The summed E-state index contributed by atoms with van der Waals surface area (Å²) in [7, 11) is 0. The molecule has 112 valence electrons.